The van der Waals surface area contributed by atoms with Gasteiger partial charge >= 0.3 is 0 Å². The largest absolute Gasteiger partial charge is 0.369 e. The fourth-order valence-electron chi connectivity index (χ4n) is 3.62. The van der Waals surface area contributed by atoms with Gasteiger partial charge in [-0.05, 0) is 30.2 Å². The number of nitrogens with zero attached hydrogens (tertiary/aromatic N) is 2. The average molecular weight is 360 g/mol. The van der Waals surface area contributed by atoms with Crippen LogP contribution in [0.3, 0.4) is 0 Å². The smallest absolute Gasteiger partial charge is 0.161 e. The van der Waals surface area contributed by atoms with Crippen LogP contribution in [-0.4, -0.2) is 39.7 Å². The molecule has 1 saturated heterocycles. The van der Waals surface area contributed by atoms with Crippen LogP contribution in [-0.2, 0) is 0 Å². The van der Waals surface area contributed by atoms with E-state index in [0.717, 1.165) is 18.1 Å². The highest BCUT2D eigenvalue weighted by molar-refractivity contribution is 8.14. The molecule has 0 radical (unpaired) electrons. The van der Waals surface area contributed by atoms with Crippen LogP contribution >= 0.6 is 11.8 Å². The average Bonchev–Trinajstić information content (AvgIpc) is 2.97. The Morgan fingerprint density at radius 3 is 2.64 bits per heavy atom. The lowest BCUT2D eigenvalue weighted by atomic mass is 9.82. The van der Waals surface area contributed by atoms with Gasteiger partial charge in [-0.1, -0.05) is 42.1 Å². The molecular weight excluding hydrogens is 342 g/mol. The van der Waals surface area contributed by atoms with Crippen molar-refractivity contribution in [3.8, 4) is 0 Å². The van der Waals surface area contributed by atoms with E-state index in [1.54, 1.807) is 30.3 Å². The van der Waals surface area contributed by atoms with E-state index in [0.29, 0.717) is 23.4 Å². The van der Waals surface area contributed by atoms with Crippen molar-refractivity contribution in [2.75, 3.05) is 18.8 Å². The number of thioether (sulfide) groups is 1. The zero-order valence-corrected chi connectivity index (χ0v) is 14.3. The Labute approximate surface area is 149 Å². The number of benzene rings is 2. The van der Waals surface area contributed by atoms with Crippen molar-refractivity contribution in [3.63, 3.8) is 0 Å². The molecule has 2 aliphatic heterocycles. The third-order valence-electron chi connectivity index (χ3n) is 4.78. The molecule has 25 heavy (non-hydrogen) atoms. The van der Waals surface area contributed by atoms with E-state index in [2.05, 4.69) is 4.99 Å². The fraction of sp³-hybridized carbons (Fsp3) is 0.316. The number of amidine groups is 1. The number of aliphatic imine (C=N–C) groups is 1. The maximum atomic E-state index is 14.6. The molecule has 0 amide bonds. The molecule has 4 rings (SSSR count). The molecule has 2 aliphatic rings. The summed E-state index contributed by atoms with van der Waals surface area (Å²) in [6.45, 7) is 1.42. The van der Waals surface area contributed by atoms with Crippen molar-refractivity contribution in [1.29, 1.82) is 0 Å². The fourth-order valence-corrected chi connectivity index (χ4v) is 4.87. The van der Waals surface area contributed by atoms with E-state index in [1.165, 1.54) is 30.0 Å². The zero-order chi connectivity index (χ0) is 17.4. The normalized spacial score (nSPS) is 24.0. The van der Waals surface area contributed by atoms with Gasteiger partial charge in [0, 0.05) is 24.4 Å². The van der Waals surface area contributed by atoms with E-state index in [9.17, 15) is 13.9 Å². The highest BCUT2D eigenvalue weighted by Crippen LogP contribution is 2.46. The van der Waals surface area contributed by atoms with E-state index in [4.69, 9.17) is 0 Å². The summed E-state index contributed by atoms with van der Waals surface area (Å²) in [6, 6.07) is 12.4. The summed E-state index contributed by atoms with van der Waals surface area (Å²) >= 11 is 1.49. The van der Waals surface area contributed by atoms with Crippen LogP contribution in [0, 0.1) is 11.6 Å². The molecule has 0 spiro atoms. The van der Waals surface area contributed by atoms with Gasteiger partial charge in [0.2, 0.25) is 0 Å². The summed E-state index contributed by atoms with van der Waals surface area (Å²) in [5.41, 5.74) is -0.213. The molecule has 2 atom stereocenters. The van der Waals surface area contributed by atoms with E-state index in [-0.39, 0.29) is 11.6 Å². The lowest BCUT2D eigenvalue weighted by Gasteiger charge is -2.42. The van der Waals surface area contributed by atoms with Crippen molar-refractivity contribution in [1.82, 2.24) is 4.90 Å². The van der Waals surface area contributed by atoms with Gasteiger partial charge in [0.1, 0.15) is 11.6 Å². The van der Waals surface area contributed by atoms with Crippen LogP contribution in [0.4, 0.5) is 8.78 Å². The van der Waals surface area contributed by atoms with Crippen molar-refractivity contribution >= 4 is 16.9 Å². The topological polar surface area (TPSA) is 35.8 Å². The number of hydrogen-bond acceptors (Lipinski definition) is 4. The first-order valence-corrected chi connectivity index (χ1v) is 9.25. The third-order valence-corrected chi connectivity index (χ3v) is 5.96. The first-order valence-electron chi connectivity index (χ1n) is 8.27. The summed E-state index contributed by atoms with van der Waals surface area (Å²) in [4.78, 5) is 6.36. The summed E-state index contributed by atoms with van der Waals surface area (Å²) in [7, 11) is 0. The Hall–Kier alpha value is -1.92. The second-order valence-electron chi connectivity index (χ2n) is 6.34. The van der Waals surface area contributed by atoms with Crippen LogP contribution in [0.15, 0.2) is 53.5 Å². The standard InChI is InChI=1S/C19H18F2N2OS/c20-14-8-6-13(7-9-14)17(15-4-1-2-5-16(15)21)19(24)12-25-18-22-10-3-11-23(18)19/h1-2,4-9,17,24H,3,10-12H2. The second kappa shape index (κ2) is 6.42. The Balaban J connectivity index is 1.86. The molecule has 130 valence electrons. The van der Waals surface area contributed by atoms with Gasteiger partial charge in [0.15, 0.2) is 10.9 Å². The molecule has 0 bridgehead atoms. The lowest BCUT2D eigenvalue weighted by molar-refractivity contribution is -0.0580. The first-order chi connectivity index (χ1) is 12.1. The minimum absolute atomic E-state index is 0.357. The predicted molar refractivity (Wildman–Crippen MR) is 95.7 cm³/mol. The van der Waals surface area contributed by atoms with Crippen LogP contribution in [0.25, 0.3) is 0 Å². The maximum absolute atomic E-state index is 14.6. The Kier molecular flexibility index (Phi) is 4.25. The molecule has 1 N–H and O–H groups in total. The summed E-state index contributed by atoms with van der Waals surface area (Å²) < 4.78 is 28.0. The number of rotatable bonds is 3. The Bertz CT molecular complexity index is 811. The van der Waals surface area contributed by atoms with Crippen molar-refractivity contribution < 1.29 is 13.9 Å². The van der Waals surface area contributed by atoms with Crippen molar-refractivity contribution in [2.24, 2.45) is 4.99 Å². The highest BCUT2D eigenvalue weighted by Gasteiger charge is 2.51. The van der Waals surface area contributed by atoms with E-state index < -0.39 is 11.6 Å². The van der Waals surface area contributed by atoms with E-state index in [1.807, 2.05) is 4.90 Å². The van der Waals surface area contributed by atoms with Crippen LogP contribution in [0.1, 0.15) is 23.5 Å². The first kappa shape index (κ1) is 16.5. The third kappa shape index (κ3) is 2.83. The molecule has 0 aromatic heterocycles. The summed E-state index contributed by atoms with van der Waals surface area (Å²) in [5, 5.41) is 12.4. The van der Waals surface area contributed by atoms with Gasteiger partial charge in [-0.3, -0.25) is 4.99 Å². The Morgan fingerprint density at radius 2 is 1.88 bits per heavy atom. The van der Waals surface area contributed by atoms with Crippen LogP contribution in [0.2, 0.25) is 0 Å². The molecule has 3 nitrogen and oxygen atoms in total. The van der Waals surface area contributed by atoms with Crippen LogP contribution < -0.4 is 0 Å². The highest BCUT2D eigenvalue weighted by atomic mass is 32.2. The molecule has 2 unspecified atom stereocenters. The minimum Gasteiger partial charge on any atom is -0.369 e. The molecular formula is C19H18F2N2OS. The molecule has 2 aromatic carbocycles. The number of halogens is 2. The Morgan fingerprint density at radius 1 is 1.12 bits per heavy atom. The van der Waals surface area contributed by atoms with Gasteiger partial charge in [-0.15, -0.1) is 0 Å². The zero-order valence-electron chi connectivity index (χ0n) is 13.5. The second-order valence-corrected chi connectivity index (χ2v) is 7.29. The van der Waals surface area contributed by atoms with Gasteiger partial charge in [0.25, 0.3) is 0 Å². The number of fused-ring (bicyclic) bond motifs is 1. The summed E-state index contributed by atoms with van der Waals surface area (Å²) in [5.74, 6) is -0.975. The molecule has 1 fully saturated rings. The monoisotopic (exact) mass is 360 g/mol. The maximum Gasteiger partial charge on any atom is 0.161 e. The van der Waals surface area contributed by atoms with Gasteiger partial charge in [0.05, 0.1) is 5.92 Å². The molecule has 0 saturated carbocycles. The molecule has 6 heteroatoms. The minimum atomic E-state index is -1.30. The quantitative estimate of drug-likeness (QED) is 0.909. The van der Waals surface area contributed by atoms with Crippen molar-refractivity contribution in [2.45, 2.75) is 18.1 Å². The predicted octanol–water partition coefficient (Wildman–Crippen LogP) is 3.59. The molecule has 2 heterocycles. The van der Waals surface area contributed by atoms with Gasteiger partial charge < -0.3 is 10.0 Å². The molecule has 2 aromatic rings. The van der Waals surface area contributed by atoms with Crippen LogP contribution in [0.5, 0.6) is 0 Å². The SMILES string of the molecule is OC1(C(c2ccc(F)cc2)c2ccccc2F)CSC2=NCCCN21. The van der Waals surface area contributed by atoms with E-state index >= 15 is 0 Å². The summed E-state index contributed by atoms with van der Waals surface area (Å²) in [6.07, 6.45) is 0.847. The number of hydrogen-bond donors (Lipinski definition) is 1. The van der Waals surface area contributed by atoms with Crippen molar-refractivity contribution in [3.05, 3.63) is 71.3 Å². The molecule has 0 aliphatic carbocycles. The van der Waals surface area contributed by atoms with Gasteiger partial charge in [-0.25, -0.2) is 8.78 Å². The lowest BCUT2D eigenvalue weighted by Crippen LogP contribution is -2.53. The van der Waals surface area contributed by atoms with Gasteiger partial charge in [-0.2, -0.15) is 0 Å². The number of aliphatic hydroxyl groups is 1.